The fourth-order valence-corrected chi connectivity index (χ4v) is 5.74. The summed E-state index contributed by atoms with van der Waals surface area (Å²) in [7, 11) is 0. The molecule has 3 aliphatic heterocycles. The number of nitrogens with one attached hydrogen (secondary N) is 2. The second kappa shape index (κ2) is 11.6. The highest BCUT2D eigenvalue weighted by Crippen LogP contribution is 2.31. The Morgan fingerprint density at radius 1 is 1.06 bits per heavy atom. The van der Waals surface area contributed by atoms with Gasteiger partial charge >= 0.3 is 12.0 Å². The molecule has 0 aromatic carbocycles. The Balaban J connectivity index is 1.30. The lowest BCUT2D eigenvalue weighted by Gasteiger charge is -2.41. The van der Waals surface area contributed by atoms with Crippen LogP contribution in [0.25, 0.3) is 0 Å². The van der Waals surface area contributed by atoms with E-state index in [1.807, 2.05) is 9.80 Å². The van der Waals surface area contributed by atoms with E-state index in [9.17, 15) is 19.5 Å². The van der Waals surface area contributed by atoms with Crippen molar-refractivity contribution in [1.29, 1.82) is 0 Å². The maximum atomic E-state index is 13.2. The minimum Gasteiger partial charge on any atom is -0.481 e. The van der Waals surface area contributed by atoms with Gasteiger partial charge in [0, 0.05) is 38.6 Å². The summed E-state index contributed by atoms with van der Waals surface area (Å²) in [6.45, 7) is 4.85. The molecule has 4 rings (SSSR count). The zero-order valence-electron chi connectivity index (χ0n) is 19.8. The maximum Gasteiger partial charge on any atom is 0.320 e. The Labute approximate surface area is 201 Å². The summed E-state index contributed by atoms with van der Waals surface area (Å²) >= 11 is 0. The minimum atomic E-state index is -0.984. The molecule has 34 heavy (non-hydrogen) atoms. The number of carbonyl (C=O) groups is 3. The molecule has 0 saturated carbocycles. The summed E-state index contributed by atoms with van der Waals surface area (Å²) < 4.78 is 0. The number of aromatic nitrogens is 1. The molecule has 0 unspecified atom stereocenters. The Bertz CT molecular complexity index is 837. The zero-order valence-corrected chi connectivity index (χ0v) is 19.8. The van der Waals surface area contributed by atoms with Crippen LogP contribution in [0.3, 0.4) is 0 Å². The van der Waals surface area contributed by atoms with Gasteiger partial charge < -0.3 is 25.5 Å². The van der Waals surface area contributed by atoms with Crippen LogP contribution in [0.1, 0.15) is 56.6 Å². The van der Waals surface area contributed by atoms with Crippen LogP contribution in [0.15, 0.2) is 24.5 Å². The topological polar surface area (TPSA) is 115 Å². The van der Waals surface area contributed by atoms with Gasteiger partial charge in [-0.2, -0.15) is 0 Å². The van der Waals surface area contributed by atoms with E-state index < -0.39 is 12.0 Å². The first-order chi connectivity index (χ1) is 16.5. The van der Waals surface area contributed by atoms with E-state index in [0.717, 1.165) is 51.4 Å². The number of aliphatic carboxylic acids is 1. The van der Waals surface area contributed by atoms with Crippen molar-refractivity contribution in [2.75, 3.05) is 39.3 Å². The van der Waals surface area contributed by atoms with E-state index in [0.29, 0.717) is 31.0 Å². The Hall–Kier alpha value is -2.68. The van der Waals surface area contributed by atoms with E-state index in [1.165, 1.54) is 12.8 Å². The van der Waals surface area contributed by atoms with E-state index in [1.54, 1.807) is 24.5 Å². The molecule has 4 heterocycles. The standard InChI is InChI=1S/C25H37N5O4/c31-23(32)15-22(20-3-1-9-27-16-20)28-24(33)21-4-2-12-30(17-21)25(34)29-13-7-19(8-14-29)18-5-10-26-11-6-18/h1,3,9,16,18-19,21-22,26H,2,4-8,10-15,17H2,(H,28,33)(H,31,32)/t21-,22+/m1/s1. The Kier molecular flexibility index (Phi) is 8.37. The number of carboxylic acids is 1. The molecule has 0 spiro atoms. The molecule has 3 aliphatic rings. The molecule has 3 amide bonds. The summed E-state index contributed by atoms with van der Waals surface area (Å²) in [5.74, 6) is -0.0255. The third-order valence-corrected chi connectivity index (χ3v) is 7.71. The van der Waals surface area contributed by atoms with Crippen molar-refractivity contribution in [3.05, 3.63) is 30.1 Å². The summed E-state index contributed by atoms with van der Waals surface area (Å²) in [6, 6.07) is 2.89. The number of hydrogen-bond donors (Lipinski definition) is 3. The number of pyridine rings is 1. The first-order valence-electron chi connectivity index (χ1n) is 12.7. The van der Waals surface area contributed by atoms with Gasteiger partial charge in [0.05, 0.1) is 18.4 Å². The summed E-state index contributed by atoms with van der Waals surface area (Å²) in [6.07, 6.45) is 9.06. The van der Waals surface area contributed by atoms with Gasteiger partial charge in [-0.25, -0.2) is 4.79 Å². The molecule has 186 valence electrons. The average molecular weight is 472 g/mol. The molecule has 9 heteroatoms. The van der Waals surface area contributed by atoms with Crippen molar-refractivity contribution in [3.63, 3.8) is 0 Å². The summed E-state index contributed by atoms with van der Waals surface area (Å²) in [5.41, 5.74) is 0.665. The number of hydrogen-bond acceptors (Lipinski definition) is 5. The third kappa shape index (κ3) is 6.25. The smallest absolute Gasteiger partial charge is 0.320 e. The molecule has 3 N–H and O–H groups in total. The second-order valence-corrected chi connectivity index (χ2v) is 9.93. The van der Waals surface area contributed by atoms with Crippen LogP contribution < -0.4 is 10.6 Å². The van der Waals surface area contributed by atoms with Gasteiger partial charge in [-0.05, 0) is 75.1 Å². The minimum absolute atomic E-state index is 0.0376. The fourth-order valence-electron chi connectivity index (χ4n) is 5.74. The van der Waals surface area contributed by atoms with Crippen molar-refractivity contribution in [2.24, 2.45) is 17.8 Å². The predicted molar refractivity (Wildman–Crippen MR) is 127 cm³/mol. The van der Waals surface area contributed by atoms with Gasteiger partial charge in [-0.3, -0.25) is 14.6 Å². The first-order valence-corrected chi connectivity index (χ1v) is 12.7. The maximum absolute atomic E-state index is 13.2. The van der Waals surface area contributed by atoms with Crippen LogP contribution in [-0.4, -0.2) is 77.1 Å². The lowest BCUT2D eigenvalue weighted by molar-refractivity contribution is -0.138. The molecule has 3 saturated heterocycles. The fraction of sp³-hybridized carbons (Fsp3) is 0.680. The van der Waals surface area contributed by atoms with Crippen LogP contribution >= 0.6 is 0 Å². The molecule has 2 atom stereocenters. The quantitative estimate of drug-likeness (QED) is 0.586. The molecule has 1 aromatic rings. The van der Waals surface area contributed by atoms with Crippen molar-refractivity contribution >= 4 is 17.9 Å². The summed E-state index contributed by atoms with van der Waals surface area (Å²) in [4.78, 5) is 45.4. The molecule has 3 fully saturated rings. The molecular weight excluding hydrogens is 434 g/mol. The molecule has 0 radical (unpaired) electrons. The Morgan fingerprint density at radius 3 is 2.47 bits per heavy atom. The number of amides is 3. The average Bonchev–Trinajstić information content (AvgIpc) is 2.89. The lowest BCUT2D eigenvalue weighted by Crippen LogP contribution is -2.52. The van der Waals surface area contributed by atoms with Crippen molar-refractivity contribution in [2.45, 2.75) is 51.0 Å². The van der Waals surface area contributed by atoms with Crippen LogP contribution in [-0.2, 0) is 9.59 Å². The van der Waals surface area contributed by atoms with Gasteiger partial charge in [-0.1, -0.05) is 6.07 Å². The highest BCUT2D eigenvalue weighted by molar-refractivity contribution is 5.82. The number of urea groups is 1. The second-order valence-electron chi connectivity index (χ2n) is 9.93. The number of likely N-dealkylation sites (tertiary alicyclic amines) is 2. The third-order valence-electron chi connectivity index (χ3n) is 7.71. The van der Waals surface area contributed by atoms with E-state index in [2.05, 4.69) is 15.6 Å². The number of rotatable bonds is 6. The van der Waals surface area contributed by atoms with E-state index >= 15 is 0 Å². The van der Waals surface area contributed by atoms with Crippen molar-refractivity contribution < 1.29 is 19.5 Å². The zero-order chi connectivity index (χ0) is 23.9. The highest BCUT2D eigenvalue weighted by Gasteiger charge is 2.34. The predicted octanol–water partition coefficient (Wildman–Crippen LogP) is 2.26. The lowest BCUT2D eigenvalue weighted by atomic mass is 9.79. The van der Waals surface area contributed by atoms with Gasteiger partial charge in [-0.15, -0.1) is 0 Å². The number of carboxylic acid groups (broad SMARTS) is 1. The molecule has 9 nitrogen and oxygen atoms in total. The van der Waals surface area contributed by atoms with E-state index in [4.69, 9.17) is 0 Å². The molecule has 1 aromatic heterocycles. The largest absolute Gasteiger partial charge is 0.481 e. The van der Waals surface area contributed by atoms with Gasteiger partial charge in [0.1, 0.15) is 0 Å². The number of nitrogens with zero attached hydrogens (tertiary/aromatic N) is 3. The first kappa shape index (κ1) is 24.4. The van der Waals surface area contributed by atoms with Crippen LogP contribution in [0.2, 0.25) is 0 Å². The number of piperidine rings is 3. The number of carbonyl (C=O) groups excluding carboxylic acids is 2. The molecule has 0 bridgehead atoms. The van der Waals surface area contributed by atoms with Crippen LogP contribution in [0.5, 0.6) is 0 Å². The monoisotopic (exact) mass is 471 g/mol. The van der Waals surface area contributed by atoms with Gasteiger partial charge in [0.2, 0.25) is 5.91 Å². The Morgan fingerprint density at radius 2 is 1.79 bits per heavy atom. The normalized spacial score (nSPS) is 23.4. The van der Waals surface area contributed by atoms with Crippen molar-refractivity contribution in [1.82, 2.24) is 25.4 Å². The molecular formula is C25H37N5O4. The molecule has 0 aliphatic carbocycles. The van der Waals surface area contributed by atoms with E-state index in [-0.39, 0.29) is 24.3 Å². The SMILES string of the molecule is O=C(O)C[C@H](NC(=O)[C@@H]1CCCN(C(=O)N2CCC(C3CCNCC3)CC2)C1)c1cccnc1. The van der Waals surface area contributed by atoms with Gasteiger partial charge in [0.15, 0.2) is 0 Å². The van der Waals surface area contributed by atoms with Crippen LogP contribution in [0.4, 0.5) is 4.79 Å². The van der Waals surface area contributed by atoms with Gasteiger partial charge in [0.25, 0.3) is 0 Å². The summed E-state index contributed by atoms with van der Waals surface area (Å²) in [5, 5.41) is 15.6. The van der Waals surface area contributed by atoms with Crippen LogP contribution in [0, 0.1) is 17.8 Å². The van der Waals surface area contributed by atoms with Crippen molar-refractivity contribution in [3.8, 4) is 0 Å². The highest BCUT2D eigenvalue weighted by atomic mass is 16.4.